The lowest BCUT2D eigenvalue weighted by atomic mass is 9.82. The molecule has 14 heteroatoms. The van der Waals surface area contributed by atoms with E-state index in [1.807, 2.05) is 74.5 Å². The van der Waals surface area contributed by atoms with Crippen LogP contribution in [0, 0.1) is 5.92 Å². The number of aliphatic hydroxyl groups excluding tert-OH is 4. The molecule has 56 heavy (non-hydrogen) atoms. The molecule has 2 saturated heterocycles. The third-order valence-electron chi connectivity index (χ3n) is 10.1. The van der Waals surface area contributed by atoms with E-state index in [-0.39, 0.29) is 24.7 Å². The molecule has 0 spiro atoms. The van der Waals surface area contributed by atoms with Crippen molar-refractivity contribution in [3.8, 4) is 0 Å². The molecule has 0 aliphatic carbocycles. The monoisotopic (exact) mass is 824 g/mol. The Labute approximate surface area is 333 Å². The van der Waals surface area contributed by atoms with E-state index in [0.717, 1.165) is 23.3 Å². The van der Waals surface area contributed by atoms with Gasteiger partial charge < -0.3 is 39.4 Å². The Morgan fingerprint density at radius 2 is 1.04 bits per heavy atom. The zero-order valence-electron chi connectivity index (χ0n) is 30.7. The molecule has 2 fully saturated rings. The molecule has 2 aliphatic heterocycles. The molecule has 4 N–H and O–H groups in total. The van der Waals surface area contributed by atoms with Crippen molar-refractivity contribution in [1.29, 1.82) is 0 Å². The van der Waals surface area contributed by atoms with Crippen LogP contribution in [0.3, 0.4) is 0 Å². The van der Waals surface area contributed by atoms with Gasteiger partial charge in [0.1, 0.15) is 30.5 Å². The first-order valence-corrected chi connectivity index (χ1v) is 18.9. The van der Waals surface area contributed by atoms with Crippen molar-refractivity contribution in [2.24, 2.45) is 5.92 Å². The zero-order chi connectivity index (χ0) is 40.7. The minimum atomic E-state index is -3.87. The highest BCUT2D eigenvalue weighted by molar-refractivity contribution is 6.24. The van der Waals surface area contributed by atoms with Gasteiger partial charge in [-0.1, -0.05) is 158 Å². The van der Waals surface area contributed by atoms with Gasteiger partial charge in [-0.05, 0) is 17.5 Å². The zero-order valence-corrected chi connectivity index (χ0v) is 32.2. The predicted molar refractivity (Wildman–Crippen MR) is 202 cm³/mol. The van der Waals surface area contributed by atoms with Gasteiger partial charge in [0.2, 0.25) is 10.1 Å². The number of rotatable bonds is 12. The van der Waals surface area contributed by atoms with Crippen molar-refractivity contribution in [3.05, 3.63) is 144 Å². The molecular weight excluding hydrogens is 779 g/mol. The molecule has 4 aromatic rings. The maximum absolute atomic E-state index is 16.2. The van der Waals surface area contributed by atoms with Crippen LogP contribution in [0.25, 0.3) is 0 Å². The lowest BCUT2D eigenvalue weighted by Crippen LogP contribution is -2.67. The maximum atomic E-state index is 16.2. The summed E-state index contributed by atoms with van der Waals surface area (Å²) in [7, 11) is 0. The predicted octanol–water partition coefficient (Wildman–Crippen LogP) is 7.52. The largest absolute Gasteiger partial charge is 0.394 e. The fourth-order valence-electron chi connectivity index (χ4n) is 6.85. The Morgan fingerprint density at radius 3 is 1.48 bits per heavy atom. The van der Waals surface area contributed by atoms with Crippen LogP contribution >= 0.6 is 23.2 Å². The van der Waals surface area contributed by atoms with Crippen molar-refractivity contribution in [2.45, 2.75) is 98.2 Å². The lowest BCUT2D eigenvalue weighted by Gasteiger charge is -2.52. The SMILES string of the molecule is CC[C@H]1OC(Cl)(C(F)(F)c2ccccc2)[C@H](OCc2ccccc2)[C@@H](OCc2ccccc2)[C@@H]1C.OC[C@H]1OC(Cl)(C(F)(F)c2ccccc2)[C@H](O)[C@@H](O)[C@@H]1O. The number of aliphatic hydroxyl groups is 4. The van der Waals surface area contributed by atoms with E-state index in [1.165, 1.54) is 30.3 Å². The fraction of sp³-hybridized carbons (Fsp3) is 0.429. The third kappa shape index (κ3) is 8.95. The van der Waals surface area contributed by atoms with Gasteiger partial charge in [0.15, 0.2) is 0 Å². The minimum Gasteiger partial charge on any atom is -0.394 e. The van der Waals surface area contributed by atoms with Crippen molar-refractivity contribution in [2.75, 3.05) is 6.61 Å². The highest BCUT2D eigenvalue weighted by atomic mass is 35.5. The summed E-state index contributed by atoms with van der Waals surface area (Å²) < 4.78 is 85.0. The van der Waals surface area contributed by atoms with Gasteiger partial charge in [-0.3, -0.25) is 0 Å². The Kier molecular flexibility index (Phi) is 14.6. The number of hydrogen-bond acceptors (Lipinski definition) is 8. The van der Waals surface area contributed by atoms with Crippen LogP contribution in [0.5, 0.6) is 0 Å². The second-order valence-corrected chi connectivity index (χ2v) is 15.0. The van der Waals surface area contributed by atoms with Gasteiger partial charge in [-0.25, -0.2) is 0 Å². The maximum Gasteiger partial charge on any atom is 0.318 e. The van der Waals surface area contributed by atoms with E-state index in [9.17, 15) is 24.1 Å². The highest BCUT2D eigenvalue weighted by Gasteiger charge is 2.68. The molecule has 2 heterocycles. The van der Waals surface area contributed by atoms with E-state index >= 15 is 8.78 Å². The summed E-state index contributed by atoms with van der Waals surface area (Å²) in [6, 6.07) is 33.0. The standard InChI is InChI=1S/C29H31ClF2O3.C13H15ClF2O5/c1-3-25-21(2)26(33-19-22-13-7-4-8-14-22)27(34-20-23-15-9-5-10-16-23)28(30,35-25)29(31,32)24-17-11-6-12-18-24;14-12(13(15,16)7-4-2-1-3-5-7)11(20)10(19)9(18)8(6-17)21-12/h4-18,21,25-27H,3,19-20H2,1-2H3;1-5,8-11,17-20H,6H2/t21-,25-,26+,27-,28?;8-,9-,10+,11-,12?/m11/s1. The number of hydrogen-bond donors (Lipinski definition) is 4. The molecule has 8 nitrogen and oxygen atoms in total. The fourth-order valence-corrected chi connectivity index (χ4v) is 7.61. The molecule has 2 aliphatic rings. The first-order chi connectivity index (χ1) is 26.6. The molecule has 0 radical (unpaired) electrons. The quantitative estimate of drug-likeness (QED) is 0.0857. The van der Waals surface area contributed by atoms with Crippen LogP contribution in [0.15, 0.2) is 121 Å². The summed E-state index contributed by atoms with van der Waals surface area (Å²) in [6.07, 6.45) is -9.49. The molecular formula is C42H46Cl2F4O8. The first-order valence-electron chi connectivity index (χ1n) is 18.2. The average molecular weight is 826 g/mol. The molecule has 0 bridgehead atoms. The minimum absolute atomic E-state index is 0.100. The number of benzene rings is 4. The van der Waals surface area contributed by atoms with Crippen LogP contribution in [-0.2, 0) is 44.0 Å². The van der Waals surface area contributed by atoms with Crippen molar-refractivity contribution < 1.29 is 56.9 Å². The van der Waals surface area contributed by atoms with E-state index < -0.39 is 76.9 Å². The summed E-state index contributed by atoms with van der Waals surface area (Å²) in [5.74, 6) is -7.63. The van der Waals surface area contributed by atoms with Gasteiger partial charge in [0, 0.05) is 17.0 Å². The Balaban J connectivity index is 0.000000244. The molecule has 0 saturated carbocycles. The second-order valence-electron chi connectivity index (χ2n) is 13.8. The first kappa shape index (κ1) is 44.0. The molecule has 6 rings (SSSR count). The summed E-state index contributed by atoms with van der Waals surface area (Å²) >= 11 is 12.7. The van der Waals surface area contributed by atoms with Crippen LogP contribution in [0.4, 0.5) is 17.6 Å². The summed E-state index contributed by atoms with van der Waals surface area (Å²) in [5.41, 5.74) is 1.03. The van der Waals surface area contributed by atoms with Crippen LogP contribution in [-0.4, -0.2) is 79.9 Å². The molecule has 4 aromatic carbocycles. The van der Waals surface area contributed by atoms with Gasteiger partial charge in [0.05, 0.1) is 32.0 Å². The Bertz CT molecular complexity index is 1780. The molecule has 10 atom stereocenters. The van der Waals surface area contributed by atoms with Crippen LogP contribution < -0.4 is 0 Å². The van der Waals surface area contributed by atoms with Crippen LogP contribution in [0.1, 0.15) is 42.5 Å². The Morgan fingerprint density at radius 1 is 0.625 bits per heavy atom. The molecule has 0 amide bonds. The van der Waals surface area contributed by atoms with Gasteiger partial charge >= 0.3 is 11.8 Å². The lowest BCUT2D eigenvalue weighted by molar-refractivity contribution is -0.307. The summed E-state index contributed by atoms with van der Waals surface area (Å²) in [6.45, 7) is 3.35. The van der Waals surface area contributed by atoms with E-state index in [4.69, 9.17) is 47.3 Å². The number of alkyl halides is 6. The Hall–Kier alpha value is -3.14. The van der Waals surface area contributed by atoms with Gasteiger partial charge in [0.25, 0.3) is 0 Å². The van der Waals surface area contributed by atoms with E-state index in [1.54, 1.807) is 18.2 Å². The highest BCUT2D eigenvalue weighted by Crippen LogP contribution is 2.54. The topological polar surface area (TPSA) is 118 Å². The second kappa shape index (κ2) is 18.6. The third-order valence-corrected chi connectivity index (χ3v) is 11.2. The summed E-state index contributed by atoms with van der Waals surface area (Å²) in [5, 5.41) is 32.7. The molecule has 2 unspecified atom stereocenters. The van der Waals surface area contributed by atoms with Crippen molar-refractivity contribution >= 4 is 23.2 Å². The van der Waals surface area contributed by atoms with Gasteiger partial charge in [-0.2, -0.15) is 17.6 Å². The number of halogens is 6. The smallest absolute Gasteiger partial charge is 0.318 e. The van der Waals surface area contributed by atoms with Crippen molar-refractivity contribution in [1.82, 2.24) is 0 Å². The molecule has 304 valence electrons. The normalized spacial score (nSPS) is 30.9. The molecule has 0 aromatic heterocycles. The van der Waals surface area contributed by atoms with E-state index in [0.29, 0.717) is 6.42 Å². The number of ether oxygens (including phenoxy) is 4. The van der Waals surface area contributed by atoms with Crippen LogP contribution in [0.2, 0.25) is 0 Å². The average Bonchev–Trinajstić information content (AvgIpc) is 3.22. The van der Waals surface area contributed by atoms with Gasteiger partial charge in [-0.15, -0.1) is 0 Å². The van der Waals surface area contributed by atoms with Crippen molar-refractivity contribution in [3.63, 3.8) is 0 Å². The summed E-state index contributed by atoms with van der Waals surface area (Å²) in [4.78, 5) is 0. The van der Waals surface area contributed by atoms with E-state index in [2.05, 4.69) is 0 Å².